The van der Waals surface area contributed by atoms with E-state index in [2.05, 4.69) is 223 Å². The van der Waals surface area contributed by atoms with E-state index in [0.29, 0.717) is 0 Å². The molecule has 0 aliphatic heterocycles. The number of hydrogen-bond donors (Lipinski definition) is 0. The van der Waals surface area contributed by atoms with Crippen LogP contribution in [-0.2, 0) is 0 Å². The van der Waals surface area contributed by atoms with Crippen molar-refractivity contribution < 1.29 is 4.42 Å². The van der Waals surface area contributed by atoms with Gasteiger partial charge < -0.3 is 9.32 Å². The zero-order valence-corrected chi connectivity index (χ0v) is 31.7. The number of hydrogen-bond acceptors (Lipinski definition) is 2. The molecule has 0 spiro atoms. The largest absolute Gasteiger partial charge is 0.456 e. The summed E-state index contributed by atoms with van der Waals surface area (Å²) < 4.78 is 6.38. The van der Waals surface area contributed by atoms with Gasteiger partial charge in [-0.15, -0.1) is 0 Å². The van der Waals surface area contributed by atoms with Gasteiger partial charge in [0, 0.05) is 27.7 Å². The molecule has 272 valence electrons. The van der Waals surface area contributed by atoms with Crippen LogP contribution in [0.3, 0.4) is 0 Å². The number of furan rings is 1. The van der Waals surface area contributed by atoms with E-state index < -0.39 is 0 Å². The summed E-state index contributed by atoms with van der Waals surface area (Å²) in [6.07, 6.45) is 0. The first-order chi connectivity index (χ1) is 28.7. The molecule has 58 heavy (non-hydrogen) atoms. The smallest absolute Gasteiger partial charge is 0.136 e. The van der Waals surface area contributed by atoms with Gasteiger partial charge in [-0.2, -0.15) is 0 Å². The van der Waals surface area contributed by atoms with Gasteiger partial charge >= 0.3 is 0 Å². The Morgan fingerprint density at radius 3 is 1.72 bits per heavy atom. The summed E-state index contributed by atoms with van der Waals surface area (Å²) in [7, 11) is 0. The van der Waals surface area contributed by atoms with Crippen LogP contribution in [0.25, 0.3) is 88.0 Å². The average Bonchev–Trinajstić information content (AvgIpc) is 3.69. The number of anilines is 3. The molecule has 2 heteroatoms. The Morgan fingerprint density at radius 1 is 0.293 bits per heavy atom. The van der Waals surface area contributed by atoms with Crippen LogP contribution in [0.4, 0.5) is 17.1 Å². The highest BCUT2D eigenvalue weighted by atomic mass is 16.3. The van der Waals surface area contributed by atoms with E-state index in [1.807, 2.05) is 6.07 Å². The molecule has 0 aliphatic rings. The molecule has 0 saturated carbocycles. The molecule has 0 N–H and O–H groups in total. The SMILES string of the molecule is c1cc(-c2cccc(N(c3ccc(-c4cccc5ccccc45)cc3)c3ccccc3-c3cccc4oc5ccccc5c34)c2)cc(-c2ccc3ccccc3c2)c1. The molecule has 0 radical (unpaired) electrons. The van der Waals surface area contributed by atoms with Crippen LogP contribution in [0.15, 0.2) is 229 Å². The molecule has 0 fully saturated rings. The molecule has 0 saturated heterocycles. The lowest BCUT2D eigenvalue weighted by Crippen LogP contribution is -2.11. The van der Waals surface area contributed by atoms with Gasteiger partial charge in [0.05, 0.1) is 5.69 Å². The number of nitrogens with zero attached hydrogens (tertiary/aromatic N) is 1. The molecule has 1 heterocycles. The molecule has 2 nitrogen and oxygen atoms in total. The van der Waals surface area contributed by atoms with Crippen molar-refractivity contribution in [2.24, 2.45) is 0 Å². The third-order valence-electron chi connectivity index (χ3n) is 11.4. The quantitative estimate of drug-likeness (QED) is 0.162. The lowest BCUT2D eigenvalue weighted by Gasteiger charge is -2.28. The minimum Gasteiger partial charge on any atom is -0.456 e. The number of benzene rings is 10. The topological polar surface area (TPSA) is 16.4 Å². The maximum absolute atomic E-state index is 6.38. The highest BCUT2D eigenvalue weighted by molar-refractivity contribution is 6.14. The van der Waals surface area contributed by atoms with Gasteiger partial charge in [-0.25, -0.2) is 0 Å². The molecule has 11 aromatic rings. The molecule has 10 aromatic carbocycles. The lowest BCUT2D eigenvalue weighted by molar-refractivity contribution is 0.669. The van der Waals surface area contributed by atoms with E-state index in [4.69, 9.17) is 4.42 Å². The Morgan fingerprint density at radius 2 is 0.862 bits per heavy atom. The highest BCUT2D eigenvalue weighted by Crippen LogP contribution is 2.46. The van der Waals surface area contributed by atoms with Crippen LogP contribution >= 0.6 is 0 Å². The second kappa shape index (κ2) is 14.1. The normalized spacial score (nSPS) is 11.4. The van der Waals surface area contributed by atoms with Crippen LogP contribution < -0.4 is 4.90 Å². The molecular weight excluding hydrogens is 703 g/mol. The minimum absolute atomic E-state index is 0.882. The Kier molecular flexibility index (Phi) is 8.19. The predicted octanol–water partition coefficient (Wildman–Crippen LogP) is 16.0. The second-order valence-electron chi connectivity index (χ2n) is 14.9. The molecular formula is C56H37NO. The van der Waals surface area contributed by atoms with Crippen molar-refractivity contribution in [3.63, 3.8) is 0 Å². The summed E-state index contributed by atoms with van der Waals surface area (Å²) in [6.45, 7) is 0. The maximum Gasteiger partial charge on any atom is 0.136 e. The van der Waals surface area contributed by atoms with Crippen molar-refractivity contribution in [2.75, 3.05) is 4.90 Å². The number of para-hydroxylation sites is 2. The maximum atomic E-state index is 6.38. The summed E-state index contributed by atoms with van der Waals surface area (Å²) in [6, 6.07) is 80.8. The molecule has 0 unspecified atom stereocenters. The third-order valence-corrected chi connectivity index (χ3v) is 11.4. The Bertz CT molecular complexity index is 3290. The van der Waals surface area contributed by atoms with Crippen LogP contribution in [-0.4, -0.2) is 0 Å². The first kappa shape index (κ1) is 33.6. The van der Waals surface area contributed by atoms with Gasteiger partial charge in [0.15, 0.2) is 0 Å². The van der Waals surface area contributed by atoms with Crippen molar-refractivity contribution in [3.05, 3.63) is 224 Å². The van der Waals surface area contributed by atoms with Gasteiger partial charge in [-0.1, -0.05) is 170 Å². The summed E-state index contributed by atoms with van der Waals surface area (Å²) in [5, 5.41) is 7.21. The van der Waals surface area contributed by atoms with E-state index in [0.717, 1.165) is 55.7 Å². The summed E-state index contributed by atoms with van der Waals surface area (Å²) in [4.78, 5) is 2.40. The molecule has 1 aromatic heterocycles. The van der Waals surface area contributed by atoms with E-state index in [9.17, 15) is 0 Å². The van der Waals surface area contributed by atoms with Crippen molar-refractivity contribution in [2.45, 2.75) is 0 Å². The van der Waals surface area contributed by atoms with Crippen LogP contribution in [0.5, 0.6) is 0 Å². The van der Waals surface area contributed by atoms with Crippen molar-refractivity contribution >= 4 is 60.5 Å². The molecule has 0 aliphatic carbocycles. The van der Waals surface area contributed by atoms with Crippen LogP contribution in [0.2, 0.25) is 0 Å². The van der Waals surface area contributed by atoms with Gasteiger partial charge in [0.25, 0.3) is 0 Å². The lowest BCUT2D eigenvalue weighted by atomic mass is 9.95. The van der Waals surface area contributed by atoms with E-state index in [1.165, 1.54) is 49.4 Å². The van der Waals surface area contributed by atoms with Crippen LogP contribution in [0.1, 0.15) is 0 Å². The van der Waals surface area contributed by atoms with E-state index in [1.54, 1.807) is 0 Å². The van der Waals surface area contributed by atoms with Crippen molar-refractivity contribution in [1.82, 2.24) is 0 Å². The predicted molar refractivity (Wildman–Crippen MR) is 245 cm³/mol. The fourth-order valence-corrected chi connectivity index (χ4v) is 8.66. The van der Waals surface area contributed by atoms with Gasteiger partial charge in [-0.3, -0.25) is 0 Å². The summed E-state index contributed by atoms with van der Waals surface area (Å²) >= 11 is 0. The van der Waals surface area contributed by atoms with E-state index >= 15 is 0 Å². The van der Waals surface area contributed by atoms with Crippen molar-refractivity contribution in [3.8, 4) is 44.5 Å². The summed E-state index contributed by atoms with van der Waals surface area (Å²) in [5.74, 6) is 0. The first-order valence-electron chi connectivity index (χ1n) is 19.8. The third kappa shape index (κ3) is 5.91. The molecule has 0 amide bonds. The Hall–Kier alpha value is -7.68. The highest BCUT2D eigenvalue weighted by Gasteiger charge is 2.21. The summed E-state index contributed by atoms with van der Waals surface area (Å²) in [5.41, 5.74) is 14.4. The minimum atomic E-state index is 0.882. The standard InChI is InChI=1S/C56H37NO/c1-2-15-41-35-45(30-29-38(41)13-1)43-18-9-17-42(36-43)44-19-10-20-47(37-44)57(46-33-31-40(32-34-46)49-24-11-16-39-14-3-4-21-48(39)49)53-26-7-5-22-50(53)51-25-12-28-55-56(51)52-23-6-8-27-54(52)58-55/h1-37H. The second-order valence-corrected chi connectivity index (χ2v) is 14.9. The average molecular weight is 740 g/mol. The van der Waals surface area contributed by atoms with Crippen LogP contribution in [0, 0.1) is 0 Å². The van der Waals surface area contributed by atoms with Gasteiger partial charge in [-0.05, 0) is 115 Å². The number of fused-ring (bicyclic) bond motifs is 5. The first-order valence-corrected chi connectivity index (χ1v) is 19.8. The zero-order valence-electron chi connectivity index (χ0n) is 31.7. The Balaban J connectivity index is 1.07. The molecule has 11 rings (SSSR count). The number of rotatable bonds is 7. The van der Waals surface area contributed by atoms with E-state index in [-0.39, 0.29) is 0 Å². The Labute approximate surface area is 337 Å². The van der Waals surface area contributed by atoms with Crippen molar-refractivity contribution in [1.29, 1.82) is 0 Å². The van der Waals surface area contributed by atoms with Gasteiger partial charge in [0.1, 0.15) is 11.2 Å². The molecule has 0 atom stereocenters. The van der Waals surface area contributed by atoms with Gasteiger partial charge in [0.2, 0.25) is 0 Å². The molecule has 0 bridgehead atoms. The zero-order chi connectivity index (χ0) is 38.4. The monoisotopic (exact) mass is 739 g/mol. The fraction of sp³-hybridized carbons (Fsp3) is 0. The fourth-order valence-electron chi connectivity index (χ4n) is 8.66.